The molecule has 51 heavy (non-hydrogen) atoms. The minimum atomic E-state index is -0.170. The molecule has 0 saturated heterocycles. The van der Waals surface area contributed by atoms with Crippen molar-refractivity contribution in [3.63, 3.8) is 0 Å². The monoisotopic (exact) mass is 751 g/mol. The second-order valence-electron chi connectivity index (χ2n) is 10.8. The number of fused-ring (bicyclic) bond motifs is 7. The Morgan fingerprint density at radius 1 is 0.588 bits per heavy atom. The van der Waals surface area contributed by atoms with E-state index in [1.54, 1.807) is 31.0 Å². The second-order valence-corrected chi connectivity index (χ2v) is 10.8. The van der Waals surface area contributed by atoms with Gasteiger partial charge < -0.3 is 10.4 Å². The minimum Gasteiger partial charge on any atom is -0.679 e. The zero-order chi connectivity index (χ0) is 34.0. The molecule has 0 unspecified atom stereocenters. The summed E-state index contributed by atoms with van der Waals surface area (Å²) in [6, 6.07) is 30.9. The van der Waals surface area contributed by atoms with Gasteiger partial charge >= 0.3 is 19.5 Å². The maximum atomic E-state index is 8.89. The predicted molar refractivity (Wildman–Crippen MR) is 199 cm³/mol. The maximum Gasteiger partial charge on any atom is 1.00 e. The first-order valence-electron chi connectivity index (χ1n) is 15.9. The van der Waals surface area contributed by atoms with E-state index in [-0.39, 0.29) is 26.1 Å². The van der Waals surface area contributed by atoms with E-state index < -0.39 is 0 Å². The fourth-order valence-electron chi connectivity index (χ4n) is 5.35. The third-order valence-electron chi connectivity index (χ3n) is 7.60. The van der Waals surface area contributed by atoms with Crippen molar-refractivity contribution in [2.24, 2.45) is 0 Å². The molecule has 0 atom stereocenters. The molecule has 2 aromatic carbocycles. The van der Waals surface area contributed by atoms with Crippen LogP contribution in [-0.2, 0) is 19.5 Å². The second kappa shape index (κ2) is 16.9. The third-order valence-corrected chi connectivity index (χ3v) is 7.60. The molecule has 7 heterocycles. The van der Waals surface area contributed by atoms with Gasteiger partial charge in [0.2, 0.25) is 0 Å². The van der Waals surface area contributed by atoms with Crippen LogP contribution in [0, 0.1) is 11.8 Å². The van der Waals surface area contributed by atoms with Gasteiger partial charge in [0.05, 0.1) is 44.5 Å². The van der Waals surface area contributed by atoms with Gasteiger partial charge in [-0.3, -0.25) is 24.9 Å². The van der Waals surface area contributed by atoms with E-state index in [4.69, 9.17) is 15.1 Å². The number of hydrogen-bond donors (Lipinski definition) is 1. The van der Waals surface area contributed by atoms with Gasteiger partial charge in [0, 0.05) is 53.0 Å². The first-order valence-corrected chi connectivity index (χ1v) is 15.9. The van der Waals surface area contributed by atoms with Crippen LogP contribution in [0.15, 0.2) is 146 Å². The summed E-state index contributed by atoms with van der Waals surface area (Å²) < 4.78 is 0. The fraction of sp³-hybridized carbons (Fsp3) is 0.0488. The summed E-state index contributed by atoms with van der Waals surface area (Å²) in [7, 11) is 0. The van der Waals surface area contributed by atoms with Gasteiger partial charge in [-0.05, 0) is 78.9 Å². The van der Waals surface area contributed by atoms with E-state index in [1.807, 2.05) is 115 Å². The summed E-state index contributed by atoms with van der Waals surface area (Å²) in [5.41, 5.74) is 9.36. The average Bonchev–Trinajstić information content (AvgIpc) is 3.21. The Hall–Kier alpha value is -6.27. The van der Waals surface area contributed by atoms with Gasteiger partial charge in [-0.25, -0.2) is 9.97 Å². The molecule has 0 spiro atoms. The number of aliphatic hydroxyl groups is 1. The van der Waals surface area contributed by atoms with E-state index in [9.17, 15) is 0 Å². The summed E-state index contributed by atoms with van der Waals surface area (Å²) in [6.07, 6.45) is 14.9. The quantitative estimate of drug-likeness (QED) is 0.0824. The maximum absolute atomic E-state index is 8.89. The largest absolute Gasteiger partial charge is 1.00 e. The smallest absolute Gasteiger partial charge is 0.679 e. The van der Waals surface area contributed by atoms with Crippen molar-refractivity contribution in [3.8, 4) is 23.2 Å². The number of aromatic nitrogens is 7. The molecule has 247 valence electrons. The zero-order valence-corrected chi connectivity index (χ0v) is 28.9. The van der Waals surface area contributed by atoms with Gasteiger partial charge in [-0.2, -0.15) is 0 Å². The van der Waals surface area contributed by atoms with Crippen molar-refractivity contribution in [1.29, 1.82) is 0 Å². The van der Waals surface area contributed by atoms with Crippen molar-refractivity contribution in [3.05, 3.63) is 163 Å². The average molecular weight is 751 g/mol. The molecule has 1 aliphatic heterocycles. The van der Waals surface area contributed by atoms with Crippen molar-refractivity contribution in [2.45, 2.75) is 0 Å². The summed E-state index contributed by atoms with van der Waals surface area (Å²) in [5, 5.41) is 15.1. The van der Waals surface area contributed by atoms with Crippen LogP contribution in [0.25, 0.3) is 66.3 Å². The van der Waals surface area contributed by atoms with Crippen molar-refractivity contribution >= 4 is 49.6 Å². The van der Waals surface area contributed by atoms with Crippen LogP contribution in [0.1, 0.15) is 11.3 Å². The van der Waals surface area contributed by atoms with Crippen molar-refractivity contribution in [1.82, 2.24) is 34.9 Å². The molecule has 8 aromatic rings. The predicted octanol–water partition coefficient (Wildman–Crippen LogP) is 7.73. The van der Waals surface area contributed by atoms with E-state index in [0.29, 0.717) is 0 Å². The first kappa shape index (κ1) is 34.6. The molecule has 0 saturated carbocycles. The van der Waals surface area contributed by atoms with Gasteiger partial charge in [0.15, 0.2) is 0 Å². The molecule has 10 heteroatoms. The van der Waals surface area contributed by atoms with Crippen molar-refractivity contribution in [2.75, 3.05) is 13.2 Å². The Kier molecular flexibility index (Phi) is 11.5. The Morgan fingerprint density at radius 3 is 1.69 bits per heavy atom. The SMILES string of the molecule is C1=CC[N-]C(c2ccccn2)=C1.OCC#Cc1ccc2nc3c4cccnc4c4ncccc4c3nc2c1.[Ru+].c1ccc(-c2ccccn2)nc1. The fourth-order valence-corrected chi connectivity index (χ4v) is 5.35. The summed E-state index contributed by atoms with van der Waals surface area (Å²) in [6.45, 7) is 0.596. The molecule has 1 aliphatic rings. The number of pyridine rings is 5. The van der Waals surface area contributed by atoms with Crippen LogP contribution in [0.4, 0.5) is 0 Å². The zero-order valence-electron chi connectivity index (χ0n) is 27.1. The molecule has 9 nitrogen and oxygen atoms in total. The molecule has 9 rings (SSSR count). The minimum absolute atomic E-state index is 0. The van der Waals surface area contributed by atoms with Crippen LogP contribution in [0.2, 0.25) is 0 Å². The molecule has 6 aromatic heterocycles. The number of rotatable bonds is 2. The van der Waals surface area contributed by atoms with Gasteiger partial charge in [0.1, 0.15) is 6.61 Å². The van der Waals surface area contributed by atoms with Crippen molar-refractivity contribution < 1.29 is 24.6 Å². The number of hydrogen-bond acceptors (Lipinski definition) is 8. The number of aliphatic hydroxyl groups excluding tert-OH is 1. The van der Waals surface area contributed by atoms with E-state index in [2.05, 4.69) is 42.1 Å². The van der Waals surface area contributed by atoms with Gasteiger partial charge in [-0.15, -0.1) is 18.3 Å². The molecule has 0 aliphatic carbocycles. The Balaban J connectivity index is 0.000000149. The third kappa shape index (κ3) is 8.14. The number of nitrogens with zero attached hydrogens (tertiary/aromatic N) is 8. The van der Waals surface area contributed by atoms with E-state index in [1.165, 1.54) is 0 Å². The molecule has 0 amide bonds. The van der Waals surface area contributed by atoms with Crippen LogP contribution in [0.3, 0.4) is 0 Å². The van der Waals surface area contributed by atoms with Gasteiger partial charge in [0.25, 0.3) is 0 Å². The molecular weight excluding hydrogens is 722 g/mol. The van der Waals surface area contributed by atoms with Crippen LogP contribution in [0.5, 0.6) is 0 Å². The Morgan fingerprint density at radius 2 is 1.16 bits per heavy atom. The van der Waals surface area contributed by atoms with E-state index >= 15 is 0 Å². The van der Waals surface area contributed by atoms with Crippen LogP contribution < -0.4 is 0 Å². The molecule has 0 fully saturated rings. The summed E-state index contributed by atoms with van der Waals surface area (Å²) in [5.74, 6) is 5.57. The molecule has 1 radical (unpaired) electrons. The summed E-state index contributed by atoms with van der Waals surface area (Å²) >= 11 is 0. The van der Waals surface area contributed by atoms with E-state index in [0.717, 1.165) is 78.8 Å². The molecule has 1 N–H and O–H groups in total. The Labute approximate surface area is 307 Å². The topological polar surface area (TPSA) is 125 Å². The summed E-state index contributed by atoms with van der Waals surface area (Å²) in [4.78, 5) is 31.3. The number of benzene rings is 2. The molecule has 0 bridgehead atoms. The van der Waals surface area contributed by atoms with Crippen LogP contribution >= 0.6 is 0 Å². The Bertz CT molecular complexity index is 2500. The number of allylic oxidation sites excluding steroid dienone is 2. The normalized spacial score (nSPS) is 11.5. The molecular formula is C41H29N8ORu. The van der Waals surface area contributed by atoms with Gasteiger partial charge in [-0.1, -0.05) is 42.2 Å². The van der Waals surface area contributed by atoms with Crippen LogP contribution in [-0.4, -0.2) is 53.1 Å². The standard InChI is InChI=1S/C21H12N4O.C10H9N2.C10H8N2.Ru/c26-11-3-4-13-7-8-16-17(12-13)25-21-15-6-2-10-23-19(15)18-14(20(21)24-16)5-1-9-22-18;2*1-3-7-11-9(5-1)10-6-2-4-8-12-10;/h1-2,5-10,12,26H,11H2;1-7H,8H2;1-8H;/q;-1;;+1. The first-order chi connectivity index (χ1) is 24.8.